The molecular weight excluding hydrogens is 368 g/mol. The first kappa shape index (κ1) is 19.9. The van der Waals surface area contributed by atoms with Crippen molar-refractivity contribution < 1.29 is 9.53 Å². The van der Waals surface area contributed by atoms with Crippen LogP contribution in [0.2, 0.25) is 0 Å². The number of aromatic nitrogens is 1. The van der Waals surface area contributed by atoms with Crippen molar-refractivity contribution in [3.8, 4) is 18.1 Å². The average molecular weight is 393 g/mol. The second-order valence-corrected chi connectivity index (χ2v) is 7.83. The smallest absolute Gasteiger partial charge is 0.252 e. The van der Waals surface area contributed by atoms with Crippen LogP contribution in [0.15, 0.2) is 47.5 Å². The van der Waals surface area contributed by atoms with E-state index in [1.54, 1.807) is 0 Å². The van der Waals surface area contributed by atoms with Crippen LogP contribution in [-0.2, 0) is 17.8 Å². The van der Waals surface area contributed by atoms with Crippen LogP contribution in [0, 0.1) is 12.3 Å². The van der Waals surface area contributed by atoms with E-state index in [2.05, 4.69) is 36.9 Å². The van der Waals surface area contributed by atoms with Gasteiger partial charge < -0.3 is 9.30 Å². The highest BCUT2D eigenvalue weighted by atomic mass is 32.1. The van der Waals surface area contributed by atoms with Gasteiger partial charge in [-0.2, -0.15) is 4.99 Å². The summed E-state index contributed by atoms with van der Waals surface area (Å²) < 4.78 is 8.46. The molecule has 0 radical (unpaired) electrons. The van der Waals surface area contributed by atoms with Gasteiger partial charge >= 0.3 is 0 Å². The zero-order chi connectivity index (χ0) is 20.1. The monoisotopic (exact) mass is 392 g/mol. The van der Waals surface area contributed by atoms with Crippen LogP contribution in [0.25, 0.3) is 10.2 Å². The van der Waals surface area contributed by atoms with E-state index in [9.17, 15) is 4.79 Å². The summed E-state index contributed by atoms with van der Waals surface area (Å²) in [4.78, 5) is 17.5. The summed E-state index contributed by atoms with van der Waals surface area (Å²) in [6.45, 7) is 7.22. The van der Waals surface area contributed by atoms with Crippen molar-refractivity contribution in [2.75, 3.05) is 6.61 Å². The largest absolute Gasteiger partial charge is 0.494 e. The van der Waals surface area contributed by atoms with E-state index in [0.29, 0.717) is 23.9 Å². The lowest BCUT2D eigenvalue weighted by Gasteiger charge is -2.05. The van der Waals surface area contributed by atoms with E-state index in [1.807, 2.05) is 41.8 Å². The Hall–Kier alpha value is -2.84. The molecule has 28 heavy (non-hydrogen) atoms. The Morgan fingerprint density at radius 1 is 1.25 bits per heavy atom. The van der Waals surface area contributed by atoms with Gasteiger partial charge in [0, 0.05) is 0 Å². The van der Waals surface area contributed by atoms with Gasteiger partial charge in [0.2, 0.25) is 0 Å². The standard InChI is InChI=1S/C23H24N2O2S/c1-5-13-25-20-12-11-19(27-6-2)15-21(20)28-23(25)24-22(26)14-17-7-9-18(10-8-17)16(3)4/h1,7-12,15-16H,6,13-14H2,2-4H3. The molecule has 2 aromatic carbocycles. The molecule has 4 nitrogen and oxygen atoms in total. The number of hydrogen-bond donors (Lipinski definition) is 0. The Morgan fingerprint density at radius 2 is 2.00 bits per heavy atom. The Kier molecular flexibility index (Phi) is 6.33. The van der Waals surface area contributed by atoms with Crippen LogP contribution in [0.5, 0.6) is 5.75 Å². The number of carbonyl (C=O) groups is 1. The van der Waals surface area contributed by atoms with Crippen molar-refractivity contribution in [1.82, 2.24) is 4.57 Å². The summed E-state index contributed by atoms with van der Waals surface area (Å²) in [6, 6.07) is 14.0. The zero-order valence-corrected chi connectivity index (χ0v) is 17.3. The van der Waals surface area contributed by atoms with Gasteiger partial charge in [0.15, 0.2) is 4.80 Å². The fraction of sp³-hybridized carbons (Fsp3) is 0.304. The minimum absolute atomic E-state index is 0.181. The van der Waals surface area contributed by atoms with Gasteiger partial charge in [0.05, 0.1) is 29.8 Å². The van der Waals surface area contributed by atoms with Crippen LogP contribution in [0.3, 0.4) is 0 Å². The van der Waals surface area contributed by atoms with Crippen molar-refractivity contribution in [1.29, 1.82) is 0 Å². The SMILES string of the molecule is C#CCn1c(=NC(=O)Cc2ccc(C(C)C)cc2)sc2cc(OCC)ccc21. The maximum Gasteiger partial charge on any atom is 0.252 e. The van der Waals surface area contributed by atoms with Gasteiger partial charge in [-0.05, 0) is 42.2 Å². The highest BCUT2D eigenvalue weighted by Crippen LogP contribution is 2.23. The average Bonchev–Trinajstić information content (AvgIpc) is 2.99. The second kappa shape index (κ2) is 8.90. The molecule has 1 heterocycles. The van der Waals surface area contributed by atoms with Crippen molar-refractivity contribution in [2.24, 2.45) is 4.99 Å². The number of carbonyl (C=O) groups excluding carboxylic acids is 1. The number of rotatable bonds is 6. The molecular formula is C23H24N2O2S. The van der Waals surface area contributed by atoms with Gasteiger partial charge in [-0.25, -0.2) is 0 Å². The summed E-state index contributed by atoms with van der Waals surface area (Å²) in [5, 5.41) is 0. The summed E-state index contributed by atoms with van der Waals surface area (Å²) in [5.41, 5.74) is 3.18. The molecule has 0 fully saturated rings. The second-order valence-electron chi connectivity index (χ2n) is 6.82. The highest BCUT2D eigenvalue weighted by Gasteiger charge is 2.09. The van der Waals surface area contributed by atoms with E-state index >= 15 is 0 Å². The number of ether oxygens (including phenoxy) is 1. The molecule has 0 N–H and O–H groups in total. The number of nitrogens with zero attached hydrogens (tertiary/aromatic N) is 2. The molecule has 0 unspecified atom stereocenters. The lowest BCUT2D eigenvalue weighted by atomic mass is 10.0. The lowest BCUT2D eigenvalue weighted by molar-refractivity contribution is -0.117. The molecule has 0 saturated carbocycles. The Bertz CT molecular complexity index is 1080. The predicted molar refractivity (Wildman–Crippen MR) is 115 cm³/mol. The van der Waals surface area contributed by atoms with Gasteiger partial charge in [-0.1, -0.05) is 55.4 Å². The Morgan fingerprint density at radius 3 is 2.64 bits per heavy atom. The van der Waals surface area contributed by atoms with Crippen LogP contribution < -0.4 is 9.54 Å². The van der Waals surface area contributed by atoms with Crippen molar-refractivity contribution in [2.45, 2.75) is 39.7 Å². The molecule has 0 saturated heterocycles. The van der Waals surface area contributed by atoms with Gasteiger partial charge in [-0.15, -0.1) is 6.42 Å². The first-order valence-electron chi connectivity index (χ1n) is 9.38. The van der Waals surface area contributed by atoms with Crippen LogP contribution in [0.4, 0.5) is 0 Å². The molecule has 0 spiro atoms. The first-order valence-corrected chi connectivity index (χ1v) is 10.2. The number of thiazole rings is 1. The number of benzene rings is 2. The third-order valence-electron chi connectivity index (χ3n) is 4.44. The van der Waals surface area contributed by atoms with E-state index in [-0.39, 0.29) is 12.3 Å². The molecule has 144 valence electrons. The minimum Gasteiger partial charge on any atom is -0.494 e. The fourth-order valence-electron chi connectivity index (χ4n) is 2.98. The quantitative estimate of drug-likeness (QED) is 0.579. The Balaban J connectivity index is 1.91. The van der Waals surface area contributed by atoms with Crippen LogP contribution in [0.1, 0.15) is 37.8 Å². The number of fused-ring (bicyclic) bond motifs is 1. The van der Waals surface area contributed by atoms with E-state index in [4.69, 9.17) is 11.2 Å². The van der Waals surface area contributed by atoms with E-state index in [0.717, 1.165) is 21.5 Å². The maximum atomic E-state index is 12.6. The first-order chi connectivity index (χ1) is 13.5. The molecule has 3 aromatic rings. The third kappa shape index (κ3) is 4.52. The van der Waals surface area contributed by atoms with E-state index < -0.39 is 0 Å². The minimum atomic E-state index is -0.181. The maximum absolute atomic E-state index is 12.6. The zero-order valence-electron chi connectivity index (χ0n) is 16.4. The number of amides is 1. The molecule has 1 aromatic heterocycles. The van der Waals surface area contributed by atoms with Crippen LogP contribution >= 0.6 is 11.3 Å². The van der Waals surface area contributed by atoms with Gasteiger partial charge in [0.25, 0.3) is 5.91 Å². The molecule has 1 amide bonds. The number of terminal acetylenes is 1. The molecule has 3 rings (SSSR count). The molecule has 0 aliphatic carbocycles. The lowest BCUT2D eigenvalue weighted by Crippen LogP contribution is -2.17. The van der Waals surface area contributed by atoms with E-state index in [1.165, 1.54) is 16.9 Å². The summed E-state index contributed by atoms with van der Waals surface area (Å²) in [7, 11) is 0. The molecule has 0 aliphatic heterocycles. The summed E-state index contributed by atoms with van der Waals surface area (Å²) >= 11 is 1.45. The van der Waals surface area contributed by atoms with Crippen molar-refractivity contribution >= 4 is 27.5 Å². The van der Waals surface area contributed by atoms with Gasteiger partial charge in [-0.3, -0.25) is 4.79 Å². The molecule has 5 heteroatoms. The Labute approximate surface area is 169 Å². The molecule has 0 aliphatic rings. The fourth-order valence-corrected chi connectivity index (χ4v) is 4.06. The molecule has 0 bridgehead atoms. The summed E-state index contributed by atoms with van der Waals surface area (Å²) in [5.74, 6) is 3.74. The highest BCUT2D eigenvalue weighted by molar-refractivity contribution is 7.16. The predicted octanol–water partition coefficient (Wildman–Crippen LogP) is 4.53. The van der Waals surface area contributed by atoms with Gasteiger partial charge in [0.1, 0.15) is 5.75 Å². The normalized spacial score (nSPS) is 11.8. The topological polar surface area (TPSA) is 43.6 Å². The number of hydrogen-bond acceptors (Lipinski definition) is 3. The molecule has 0 atom stereocenters. The summed E-state index contributed by atoms with van der Waals surface area (Å²) in [6.07, 6.45) is 5.80. The van der Waals surface area contributed by atoms with Crippen LogP contribution in [-0.4, -0.2) is 17.1 Å². The van der Waals surface area contributed by atoms with Crippen molar-refractivity contribution in [3.05, 3.63) is 58.4 Å². The third-order valence-corrected chi connectivity index (χ3v) is 5.48. The van der Waals surface area contributed by atoms with Crippen molar-refractivity contribution in [3.63, 3.8) is 0 Å².